The van der Waals surface area contributed by atoms with Gasteiger partial charge < -0.3 is 15.6 Å². The van der Waals surface area contributed by atoms with Crippen LogP contribution in [-0.4, -0.2) is 23.7 Å². The Labute approximate surface area is 109 Å². The molecule has 0 radical (unpaired) electrons. The van der Waals surface area contributed by atoms with Crippen LogP contribution in [0.25, 0.3) is 0 Å². The van der Waals surface area contributed by atoms with E-state index in [4.69, 9.17) is 10.5 Å². The Bertz CT molecular complexity index is 420. The van der Waals surface area contributed by atoms with Crippen LogP contribution in [0.5, 0.6) is 5.75 Å². The van der Waals surface area contributed by atoms with Crippen LogP contribution in [0.2, 0.25) is 0 Å². The first-order valence-electron chi connectivity index (χ1n) is 5.36. The first-order chi connectivity index (χ1) is 7.95. The number of nitrogens with two attached hydrogens (primary N) is 1. The SMILES string of the molecule is CCOC(=O)C(N)Cc1cc(C)cc(Br)c1O. The average Bonchev–Trinajstić information content (AvgIpc) is 2.25. The zero-order valence-electron chi connectivity index (χ0n) is 9.87. The number of phenolic OH excluding ortho intramolecular Hbond substituents is 1. The van der Waals surface area contributed by atoms with Gasteiger partial charge in [-0.1, -0.05) is 6.07 Å². The van der Waals surface area contributed by atoms with Crippen molar-refractivity contribution in [2.75, 3.05) is 6.61 Å². The first kappa shape index (κ1) is 14.0. The highest BCUT2D eigenvalue weighted by Crippen LogP contribution is 2.30. The summed E-state index contributed by atoms with van der Waals surface area (Å²) < 4.78 is 5.42. The number of phenols is 1. The van der Waals surface area contributed by atoms with Gasteiger partial charge in [-0.25, -0.2) is 0 Å². The molecule has 0 spiro atoms. The molecular formula is C12H16BrNO3. The number of halogens is 1. The summed E-state index contributed by atoms with van der Waals surface area (Å²) >= 11 is 3.25. The van der Waals surface area contributed by atoms with Gasteiger partial charge in [0.25, 0.3) is 0 Å². The number of aromatic hydroxyl groups is 1. The van der Waals surface area contributed by atoms with Crippen LogP contribution in [0.4, 0.5) is 0 Å². The highest BCUT2D eigenvalue weighted by molar-refractivity contribution is 9.10. The van der Waals surface area contributed by atoms with Gasteiger partial charge in [-0.15, -0.1) is 0 Å². The number of hydrogen-bond acceptors (Lipinski definition) is 4. The van der Waals surface area contributed by atoms with Gasteiger partial charge >= 0.3 is 5.97 Å². The summed E-state index contributed by atoms with van der Waals surface area (Å²) in [6, 6.07) is 2.85. The van der Waals surface area contributed by atoms with Gasteiger partial charge in [-0.3, -0.25) is 4.79 Å². The summed E-state index contributed by atoms with van der Waals surface area (Å²) in [6.45, 7) is 3.94. The van der Waals surface area contributed by atoms with E-state index in [-0.39, 0.29) is 12.2 Å². The van der Waals surface area contributed by atoms with Crippen LogP contribution in [-0.2, 0) is 16.0 Å². The average molecular weight is 302 g/mol. The quantitative estimate of drug-likeness (QED) is 0.833. The largest absolute Gasteiger partial charge is 0.506 e. The normalized spacial score (nSPS) is 12.2. The van der Waals surface area contributed by atoms with Gasteiger partial charge in [0, 0.05) is 6.42 Å². The van der Waals surface area contributed by atoms with Gasteiger partial charge in [0.1, 0.15) is 11.8 Å². The zero-order chi connectivity index (χ0) is 13.0. The molecule has 0 aliphatic carbocycles. The van der Waals surface area contributed by atoms with E-state index in [0.29, 0.717) is 16.6 Å². The van der Waals surface area contributed by atoms with Crippen LogP contribution in [0.3, 0.4) is 0 Å². The second-order valence-corrected chi connectivity index (χ2v) is 4.67. The van der Waals surface area contributed by atoms with Crippen molar-refractivity contribution in [1.82, 2.24) is 0 Å². The van der Waals surface area contributed by atoms with Crippen molar-refractivity contribution >= 4 is 21.9 Å². The summed E-state index contributed by atoms with van der Waals surface area (Å²) in [6.07, 6.45) is 0.255. The maximum Gasteiger partial charge on any atom is 0.323 e. The first-order valence-corrected chi connectivity index (χ1v) is 6.15. The third-order valence-corrected chi connectivity index (χ3v) is 2.92. The summed E-state index contributed by atoms with van der Waals surface area (Å²) in [5, 5.41) is 9.83. The number of ether oxygens (including phenoxy) is 1. The highest BCUT2D eigenvalue weighted by atomic mass is 79.9. The van der Waals surface area contributed by atoms with Gasteiger partial charge in [0.05, 0.1) is 11.1 Å². The third kappa shape index (κ3) is 3.71. The van der Waals surface area contributed by atoms with E-state index in [2.05, 4.69) is 15.9 Å². The summed E-state index contributed by atoms with van der Waals surface area (Å²) in [4.78, 5) is 11.4. The second-order valence-electron chi connectivity index (χ2n) is 3.82. The molecule has 94 valence electrons. The maximum atomic E-state index is 11.4. The fourth-order valence-electron chi connectivity index (χ4n) is 1.53. The lowest BCUT2D eigenvalue weighted by Crippen LogP contribution is -2.34. The van der Waals surface area contributed by atoms with Gasteiger partial charge in [-0.05, 0) is 47.0 Å². The minimum absolute atomic E-state index is 0.121. The van der Waals surface area contributed by atoms with E-state index in [1.165, 1.54) is 0 Å². The molecule has 1 unspecified atom stereocenters. The predicted octanol–water partition coefficient (Wildman–Crippen LogP) is 1.90. The molecule has 0 aromatic heterocycles. The molecule has 5 heteroatoms. The number of rotatable bonds is 4. The molecule has 0 fully saturated rings. The Morgan fingerprint density at radius 1 is 1.59 bits per heavy atom. The molecule has 17 heavy (non-hydrogen) atoms. The standard InChI is InChI=1S/C12H16BrNO3/c1-3-17-12(16)10(14)6-8-4-7(2)5-9(13)11(8)15/h4-5,10,15H,3,6,14H2,1-2H3. The lowest BCUT2D eigenvalue weighted by atomic mass is 10.0. The Morgan fingerprint density at radius 2 is 2.24 bits per heavy atom. The molecule has 0 bridgehead atoms. The molecule has 0 aliphatic heterocycles. The highest BCUT2D eigenvalue weighted by Gasteiger charge is 2.18. The number of carbonyl (C=O) groups excluding carboxylic acids is 1. The van der Waals surface area contributed by atoms with Crippen LogP contribution in [0, 0.1) is 6.92 Å². The van der Waals surface area contributed by atoms with Crippen molar-refractivity contribution < 1.29 is 14.6 Å². The molecule has 0 aliphatic rings. The molecule has 4 nitrogen and oxygen atoms in total. The molecule has 1 aromatic rings. The summed E-state index contributed by atoms with van der Waals surface area (Å²) in [7, 11) is 0. The minimum Gasteiger partial charge on any atom is -0.506 e. The van der Waals surface area contributed by atoms with Crippen molar-refractivity contribution in [3.05, 3.63) is 27.7 Å². The van der Waals surface area contributed by atoms with E-state index >= 15 is 0 Å². The number of esters is 1. The smallest absolute Gasteiger partial charge is 0.323 e. The van der Waals surface area contributed by atoms with Crippen LogP contribution in [0.1, 0.15) is 18.1 Å². The molecule has 0 amide bonds. The molecule has 1 aromatic carbocycles. The fourth-order valence-corrected chi connectivity index (χ4v) is 2.15. The summed E-state index contributed by atoms with van der Waals surface area (Å²) in [5.74, 6) is -0.333. The third-order valence-electron chi connectivity index (χ3n) is 2.32. The molecule has 0 saturated carbocycles. The van der Waals surface area contributed by atoms with E-state index in [1.807, 2.05) is 6.92 Å². The Hall–Kier alpha value is -1.07. The molecule has 3 N–H and O–H groups in total. The van der Waals surface area contributed by atoms with Gasteiger partial charge in [-0.2, -0.15) is 0 Å². The van der Waals surface area contributed by atoms with Crippen molar-refractivity contribution in [1.29, 1.82) is 0 Å². The van der Waals surface area contributed by atoms with Crippen LogP contribution in [0.15, 0.2) is 16.6 Å². The van der Waals surface area contributed by atoms with Gasteiger partial charge in [0.2, 0.25) is 0 Å². The van der Waals surface area contributed by atoms with Crippen molar-refractivity contribution in [2.24, 2.45) is 5.73 Å². The van der Waals surface area contributed by atoms with E-state index in [1.54, 1.807) is 19.1 Å². The van der Waals surface area contributed by atoms with Crippen LogP contribution >= 0.6 is 15.9 Å². The molecule has 0 heterocycles. The van der Waals surface area contributed by atoms with Crippen LogP contribution < -0.4 is 5.73 Å². The van der Waals surface area contributed by atoms with Gasteiger partial charge in [0.15, 0.2) is 0 Å². The maximum absolute atomic E-state index is 11.4. The lowest BCUT2D eigenvalue weighted by Gasteiger charge is -2.13. The number of carbonyl (C=O) groups is 1. The van der Waals surface area contributed by atoms with Crippen molar-refractivity contribution in [3.63, 3.8) is 0 Å². The predicted molar refractivity (Wildman–Crippen MR) is 68.9 cm³/mol. The molecule has 0 saturated heterocycles. The molecular weight excluding hydrogens is 286 g/mol. The second kappa shape index (κ2) is 6.02. The minimum atomic E-state index is -0.755. The zero-order valence-corrected chi connectivity index (χ0v) is 11.5. The van der Waals surface area contributed by atoms with Crippen molar-refractivity contribution in [2.45, 2.75) is 26.3 Å². The number of hydrogen-bond donors (Lipinski definition) is 2. The van der Waals surface area contributed by atoms with E-state index in [9.17, 15) is 9.90 Å². The lowest BCUT2D eigenvalue weighted by molar-refractivity contribution is -0.144. The Balaban J connectivity index is 2.84. The Morgan fingerprint density at radius 3 is 2.82 bits per heavy atom. The number of benzene rings is 1. The molecule has 1 atom stereocenters. The Kier molecular flexibility index (Phi) is 4.96. The fraction of sp³-hybridized carbons (Fsp3) is 0.417. The number of aryl methyl sites for hydroxylation is 1. The monoisotopic (exact) mass is 301 g/mol. The topological polar surface area (TPSA) is 72.5 Å². The summed E-state index contributed by atoms with van der Waals surface area (Å²) in [5.41, 5.74) is 7.33. The van der Waals surface area contributed by atoms with E-state index < -0.39 is 12.0 Å². The van der Waals surface area contributed by atoms with Crippen molar-refractivity contribution in [3.8, 4) is 5.75 Å². The molecule has 1 rings (SSSR count). The van der Waals surface area contributed by atoms with E-state index in [0.717, 1.165) is 5.56 Å².